The van der Waals surface area contributed by atoms with Gasteiger partial charge in [0, 0.05) is 11.6 Å². The van der Waals surface area contributed by atoms with Crippen molar-refractivity contribution in [2.75, 3.05) is 0 Å². The quantitative estimate of drug-likeness (QED) is 0.477. The van der Waals surface area contributed by atoms with Crippen molar-refractivity contribution in [3.8, 4) is 0 Å². The first kappa shape index (κ1) is 18.3. The van der Waals surface area contributed by atoms with E-state index in [1.54, 1.807) is 0 Å². The smallest absolute Gasteiger partial charge is 0.282 e. The maximum Gasteiger partial charge on any atom is 0.282 e. The molecule has 0 aromatic heterocycles. The van der Waals surface area contributed by atoms with E-state index in [0.717, 1.165) is 24.2 Å². The van der Waals surface area contributed by atoms with Crippen LogP contribution in [0.5, 0.6) is 0 Å². The van der Waals surface area contributed by atoms with Gasteiger partial charge < -0.3 is 5.32 Å². The fraction of sp³-hybridized carbons (Fsp3) is 0.571. The van der Waals surface area contributed by atoms with Crippen molar-refractivity contribution in [2.24, 2.45) is 17.8 Å². The summed E-state index contributed by atoms with van der Waals surface area (Å²) in [4.78, 5) is 50.2. The van der Waals surface area contributed by atoms with Crippen LogP contribution in [0.1, 0.15) is 66.2 Å². The summed E-state index contributed by atoms with van der Waals surface area (Å²) in [5.74, 6) is 0.174. The van der Waals surface area contributed by atoms with Crippen LogP contribution >= 0.6 is 0 Å². The number of nitrogens with one attached hydrogen (secondary N) is 1. The molecule has 1 heterocycles. The number of nitro groups is 1. The number of benzene rings is 1. The molecule has 4 bridgehead atoms. The normalized spacial score (nSPS) is 33.0. The molecule has 29 heavy (non-hydrogen) atoms. The van der Waals surface area contributed by atoms with Crippen LogP contribution in [0.15, 0.2) is 18.2 Å². The Bertz CT molecular complexity index is 920. The summed E-state index contributed by atoms with van der Waals surface area (Å²) in [6.07, 6.45) is 6.62. The molecule has 8 heteroatoms. The molecule has 0 unspecified atom stereocenters. The first-order valence-electron chi connectivity index (χ1n) is 10.3. The second kappa shape index (κ2) is 6.11. The van der Waals surface area contributed by atoms with Gasteiger partial charge in [0.15, 0.2) is 0 Å². The Morgan fingerprint density at radius 1 is 1.14 bits per heavy atom. The molecular weight excluding hydrogens is 374 g/mol. The Hall–Kier alpha value is -2.77. The molecule has 4 saturated carbocycles. The minimum Gasteiger partial charge on any atom is -0.349 e. The Morgan fingerprint density at radius 3 is 2.28 bits per heavy atom. The van der Waals surface area contributed by atoms with Crippen molar-refractivity contribution in [3.63, 3.8) is 0 Å². The van der Waals surface area contributed by atoms with E-state index < -0.39 is 28.5 Å². The van der Waals surface area contributed by atoms with E-state index in [0.29, 0.717) is 17.8 Å². The fourth-order valence-electron chi connectivity index (χ4n) is 6.54. The predicted octanol–water partition coefficient (Wildman–Crippen LogP) is 2.66. The van der Waals surface area contributed by atoms with Gasteiger partial charge in [-0.3, -0.25) is 29.4 Å². The highest BCUT2D eigenvalue weighted by molar-refractivity contribution is 6.24. The molecule has 4 aliphatic carbocycles. The number of carbonyl (C=O) groups excluding carboxylic acids is 3. The first-order valence-corrected chi connectivity index (χ1v) is 10.3. The number of amides is 3. The van der Waals surface area contributed by atoms with Crippen LogP contribution in [-0.2, 0) is 4.79 Å². The number of rotatable bonds is 4. The Kier molecular flexibility index (Phi) is 3.85. The van der Waals surface area contributed by atoms with Gasteiger partial charge in [0.1, 0.15) is 11.6 Å². The molecule has 1 N–H and O–H groups in total. The minimum absolute atomic E-state index is 0.0151. The average molecular weight is 397 g/mol. The first-order chi connectivity index (χ1) is 13.8. The lowest BCUT2D eigenvalue weighted by molar-refractivity contribution is -0.385. The molecule has 1 aliphatic heterocycles. The number of imide groups is 1. The van der Waals surface area contributed by atoms with E-state index in [9.17, 15) is 24.5 Å². The van der Waals surface area contributed by atoms with E-state index in [2.05, 4.69) is 5.32 Å². The number of nitro benzene ring substituents is 1. The maximum atomic E-state index is 13.1. The number of fused-ring (bicyclic) bond motifs is 1. The summed E-state index contributed by atoms with van der Waals surface area (Å²) in [5, 5.41) is 14.5. The summed E-state index contributed by atoms with van der Waals surface area (Å²) in [6.45, 7) is 1.52. The lowest BCUT2D eigenvalue weighted by Gasteiger charge is -2.57. The summed E-state index contributed by atoms with van der Waals surface area (Å²) in [6, 6.07) is 2.96. The summed E-state index contributed by atoms with van der Waals surface area (Å²) in [5.41, 5.74) is -0.877. The number of hydrogen-bond donors (Lipinski definition) is 1. The lowest BCUT2D eigenvalue weighted by atomic mass is 9.53. The van der Waals surface area contributed by atoms with Crippen LogP contribution < -0.4 is 5.32 Å². The average Bonchev–Trinajstić information content (AvgIpc) is 2.90. The van der Waals surface area contributed by atoms with Gasteiger partial charge in [-0.25, -0.2) is 0 Å². The van der Waals surface area contributed by atoms with Crippen LogP contribution in [0, 0.1) is 27.9 Å². The highest BCUT2D eigenvalue weighted by Crippen LogP contribution is 2.55. The van der Waals surface area contributed by atoms with E-state index >= 15 is 0 Å². The van der Waals surface area contributed by atoms with Crippen molar-refractivity contribution in [1.29, 1.82) is 0 Å². The van der Waals surface area contributed by atoms with Crippen LogP contribution in [0.2, 0.25) is 0 Å². The van der Waals surface area contributed by atoms with Gasteiger partial charge >= 0.3 is 0 Å². The molecule has 1 aromatic carbocycles. The Balaban J connectivity index is 1.38. The Morgan fingerprint density at radius 2 is 1.72 bits per heavy atom. The van der Waals surface area contributed by atoms with E-state index in [4.69, 9.17) is 0 Å². The molecule has 4 fully saturated rings. The van der Waals surface area contributed by atoms with Gasteiger partial charge in [-0.2, -0.15) is 0 Å². The lowest BCUT2D eigenvalue weighted by Crippen LogP contribution is -2.62. The summed E-state index contributed by atoms with van der Waals surface area (Å²) >= 11 is 0. The third kappa shape index (κ3) is 2.68. The number of hydrogen-bond acceptors (Lipinski definition) is 5. The van der Waals surface area contributed by atoms with Gasteiger partial charge in [0.05, 0.1) is 10.5 Å². The SMILES string of the molecule is C[C@@H](C(=O)NC12CC3CC(CC(C3)C1)C2)N1C(=O)c2cccc([N+](=O)[O-])c2C1=O. The molecule has 152 valence electrons. The van der Waals surface area contributed by atoms with Crippen molar-refractivity contribution < 1.29 is 19.3 Å². The third-order valence-corrected chi connectivity index (χ3v) is 7.31. The fourth-order valence-corrected chi connectivity index (χ4v) is 6.54. The second-order valence-corrected chi connectivity index (χ2v) is 9.30. The third-order valence-electron chi connectivity index (χ3n) is 7.31. The molecule has 5 aliphatic rings. The van der Waals surface area contributed by atoms with Crippen molar-refractivity contribution in [3.05, 3.63) is 39.4 Å². The molecule has 0 radical (unpaired) electrons. The van der Waals surface area contributed by atoms with E-state index in [1.165, 1.54) is 44.4 Å². The number of carbonyl (C=O) groups is 3. The molecule has 6 rings (SSSR count). The van der Waals surface area contributed by atoms with Crippen molar-refractivity contribution in [1.82, 2.24) is 10.2 Å². The van der Waals surface area contributed by atoms with Gasteiger partial charge in [-0.05, 0) is 69.3 Å². The predicted molar refractivity (Wildman–Crippen MR) is 102 cm³/mol. The van der Waals surface area contributed by atoms with Crippen LogP contribution in [-0.4, -0.2) is 39.1 Å². The van der Waals surface area contributed by atoms with E-state index in [1.807, 2.05) is 0 Å². The highest BCUT2D eigenvalue weighted by Gasteiger charge is 2.53. The van der Waals surface area contributed by atoms with Crippen LogP contribution in [0.3, 0.4) is 0 Å². The van der Waals surface area contributed by atoms with Gasteiger partial charge in [-0.15, -0.1) is 0 Å². The zero-order valence-corrected chi connectivity index (χ0v) is 16.2. The molecular formula is C21H23N3O5. The largest absolute Gasteiger partial charge is 0.349 e. The zero-order valence-electron chi connectivity index (χ0n) is 16.2. The topological polar surface area (TPSA) is 110 Å². The molecule has 0 saturated heterocycles. The number of nitrogens with zero attached hydrogens (tertiary/aromatic N) is 2. The standard InChI is InChI=1S/C21H23N3O5/c1-11(18(25)22-21-8-12-5-13(9-21)7-14(6-12)10-21)23-19(26)15-3-2-4-16(24(28)29)17(15)20(23)27/h2-4,11-14H,5-10H2,1H3,(H,22,25)/t11-,12?,13?,14?,21?/m0/s1. The van der Waals surface area contributed by atoms with Crippen LogP contribution in [0.25, 0.3) is 0 Å². The Labute approximate surface area is 167 Å². The van der Waals surface area contributed by atoms with E-state index in [-0.39, 0.29) is 22.6 Å². The molecule has 1 atom stereocenters. The van der Waals surface area contributed by atoms with Gasteiger partial charge in [-0.1, -0.05) is 6.07 Å². The molecule has 0 spiro atoms. The van der Waals surface area contributed by atoms with Crippen molar-refractivity contribution >= 4 is 23.4 Å². The van der Waals surface area contributed by atoms with Crippen LogP contribution in [0.4, 0.5) is 5.69 Å². The second-order valence-electron chi connectivity index (χ2n) is 9.30. The molecule has 8 nitrogen and oxygen atoms in total. The van der Waals surface area contributed by atoms with Gasteiger partial charge in [0.25, 0.3) is 17.5 Å². The van der Waals surface area contributed by atoms with Crippen molar-refractivity contribution in [2.45, 2.75) is 57.0 Å². The maximum absolute atomic E-state index is 13.1. The molecule has 1 aromatic rings. The minimum atomic E-state index is -1.02. The summed E-state index contributed by atoms with van der Waals surface area (Å²) in [7, 11) is 0. The highest BCUT2D eigenvalue weighted by atomic mass is 16.6. The molecule has 3 amide bonds. The zero-order chi connectivity index (χ0) is 20.5. The summed E-state index contributed by atoms with van der Waals surface area (Å²) < 4.78 is 0. The monoisotopic (exact) mass is 397 g/mol. The van der Waals surface area contributed by atoms with Gasteiger partial charge in [0.2, 0.25) is 5.91 Å².